The van der Waals surface area contributed by atoms with E-state index in [0.29, 0.717) is 5.92 Å². The molecule has 0 saturated carbocycles. The summed E-state index contributed by atoms with van der Waals surface area (Å²) < 4.78 is 7.29. The number of benzene rings is 1. The molecule has 1 saturated heterocycles. The van der Waals surface area contributed by atoms with E-state index in [2.05, 4.69) is 68.0 Å². The van der Waals surface area contributed by atoms with Crippen molar-refractivity contribution in [3.63, 3.8) is 0 Å². The van der Waals surface area contributed by atoms with Crippen LogP contribution in [0.5, 0.6) is 0 Å². The number of nitrogens with one attached hydrogen (secondary N) is 1. The number of hydrogen-bond acceptors (Lipinski definition) is 2. The zero-order chi connectivity index (χ0) is 15.8. The van der Waals surface area contributed by atoms with Gasteiger partial charge in [-0.25, -0.2) is 0 Å². The number of ether oxygens (including phenoxy) is 1. The Hall–Kier alpha value is -0.0900. The fraction of sp³-hybridized carbons (Fsp3) is 0.647. The summed E-state index contributed by atoms with van der Waals surface area (Å²) in [6, 6.07) is 6.37. The van der Waals surface area contributed by atoms with E-state index < -0.39 is 0 Å². The molecule has 0 bridgehead atoms. The van der Waals surface area contributed by atoms with Crippen LogP contribution < -0.4 is 5.32 Å². The number of rotatable bonds is 4. The maximum Gasteiger partial charge on any atom is 0.0681 e. The minimum absolute atomic E-state index is 0.0857. The average molecular weight is 375 g/mol. The summed E-state index contributed by atoms with van der Waals surface area (Å²) in [5, 5.41) is 4.39. The first-order valence-corrected chi connectivity index (χ1v) is 8.71. The molecule has 0 aliphatic carbocycles. The lowest BCUT2D eigenvalue weighted by atomic mass is 9.79. The summed E-state index contributed by atoms with van der Waals surface area (Å²) in [5.74, 6) is 0.401. The van der Waals surface area contributed by atoms with E-state index in [1.54, 1.807) is 0 Å². The SMILES string of the molecule is CCNC(c1cc(Cl)cc(Br)c1)C1CC(C)(C)OC1(C)C. The predicted octanol–water partition coefficient (Wildman–Crippen LogP) is 5.35. The van der Waals surface area contributed by atoms with Crippen molar-refractivity contribution in [1.29, 1.82) is 0 Å². The third-order valence-corrected chi connectivity index (χ3v) is 4.89. The Morgan fingerprint density at radius 1 is 1.33 bits per heavy atom. The van der Waals surface area contributed by atoms with Crippen molar-refractivity contribution in [2.45, 2.75) is 58.3 Å². The van der Waals surface area contributed by atoms with Gasteiger partial charge in [0.25, 0.3) is 0 Å². The van der Waals surface area contributed by atoms with E-state index in [1.165, 1.54) is 5.56 Å². The Morgan fingerprint density at radius 3 is 2.48 bits per heavy atom. The van der Waals surface area contributed by atoms with E-state index in [0.717, 1.165) is 22.5 Å². The van der Waals surface area contributed by atoms with E-state index in [4.69, 9.17) is 16.3 Å². The predicted molar refractivity (Wildman–Crippen MR) is 92.9 cm³/mol. The Balaban J connectivity index is 2.39. The van der Waals surface area contributed by atoms with Crippen LogP contribution in [0.3, 0.4) is 0 Å². The molecule has 0 aromatic heterocycles. The molecule has 1 aromatic carbocycles. The van der Waals surface area contributed by atoms with Crippen LogP contribution in [0, 0.1) is 5.92 Å². The zero-order valence-corrected chi connectivity index (χ0v) is 15.8. The lowest BCUT2D eigenvalue weighted by Crippen LogP contribution is -2.38. The Labute approximate surface area is 141 Å². The monoisotopic (exact) mass is 373 g/mol. The maximum atomic E-state index is 6.27. The molecule has 0 spiro atoms. The molecule has 1 aromatic rings. The van der Waals surface area contributed by atoms with Crippen molar-refractivity contribution < 1.29 is 4.74 Å². The molecule has 2 atom stereocenters. The van der Waals surface area contributed by atoms with Crippen molar-refractivity contribution in [2.75, 3.05) is 6.54 Å². The van der Waals surface area contributed by atoms with Gasteiger partial charge in [-0.2, -0.15) is 0 Å². The highest BCUT2D eigenvalue weighted by Crippen LogP contribution is 2.48. The Bertz CT molecular complexity index is 495. The van der Waals surface area contributed by atoms with Crippen LogP contribution in [0.1, 0.15) is 52.6 Å². The second-order valence-electron chi connectivity index (χ2n) is 7.01. The zero-order valence-electron chi connectivity index (χ0n) is 13.5. The summed E-state index contributed by atoms with van der Waals surface area (Å²) in [6.07, 6.45) is 1.03. The number of halogens is 2. The largest absolute Gasteiger partial charge is 0.369 e. The highest BCUT2D eigenvalue weighted by atomic mass is 79.9. The Morgan fingerprint density at radius 2 is 2.00 bits per heavy atom. The van der Waals surface area contributed by atoms with Gasteiger partial charge in [0.05, 0.1) is 11.2 Å². The van der Waals surface area contributed by atoms with E-state index in [-0.39, 0.29) is 17.2 Å². The second-order valence-corrected chi connectivity index (χ2v) is 8.37. The van der Waals surface area contributed by atoms with E-state index >= 15 is 0 Å². The molecule has 4 heteroatoms. The van der Waals surface area contributed by atoms with Crippen LogP contribution in [0.4, 0.5) is 0 Å². The quantitative estimate of drug-likeness (QED) is 0.767. The molecule has 2 unspecified atom stereocenters. The normalized spacial score (nSPS) is 25.0. The van der Waals surface area contributed by atoms with E-state index in [9.17, 15) is 0 Å². The van der Waals surface area contributed by atoms with Gasteiger partial charge in [-0.3, -0.25) is 0 Å². The molecule has 1 aliphatic heterocycles. The molecule has 1 N–H and O–H groups in total. The van der Waals surface area contributed by atoms with Crippen molar-refractivity contribution in [3.05, 3.63) is 33.3 Å². The van der Waals surface area contributed by atoms with Gasteiger partial charge in [0.15, 0.2) is 0 Å². The van der Waals surface area contributed by atoms with Gasteiger partial charge < -0.3 is 10.1 Å². The first kappa shape index (κ1) is 17.3. The van der Waals surface area contributed by atoms with Gasteiger partial charge in [-0.15, -0.1) is 0 Å². The summed E-state index contributed by atoms with van der Waals surface area (Å²) in [5.41, 5.74) is 0.971. The van der Waals surface area contributed by atoms with Gasteiger partial charge in [0.2, 0.25) is 0 Å². The van der Waals surface area contributed by atoms with Crippen molar-refractivity contribution in [1.82, 2.24) is 5.32 Å². The van der Waals surface area contributed by atoms with Crippen molar-refractivity contribution in [2.24, 2.45) is 5.92 Å². The Kier molecular flexibility index (Phi) is 5.09. The van der Waals surface area contributed by atoms with E-state index in [1.807, 2.05) is 6.07 Å². The molecule has 2 rings (SSSR count). The van der Waals surface area contributed by atoms with Crippen LogP contribution in [0.2, 0.25) is 5.02 Å². The minimum atomic E-state index is -0.162. The molecular formula is C17H25BrClNO. The summed E-state index contributed by atoms with van der Waals surface area (Å²) in [4.78, 5) is 0. The summed E-state index contributed by atoms with van der Waals surface area (Å²) in [6.45, 7) is 11.8. The second kappa shape index (κ2) is 6.19. The number of hydrogen-bond donors (Lipinski definition) is 1. The van der Waals surface area contributed by atoms with Gasteiger partial charge in [-0.05, 0) is 64.4 Å². The van der Waals surface area contributed by atoms with Gasteiger partial charge in [0, 0.05) is 21.5 Å². The van der Waals surface area contributed by atoms with Gasteiger partial charge in [-0.1, -0.05) is 34.5 Å². The lowest BCUT2D eigenvalue weighted by Gasteiger charge is -2.34. The first-order valence-electron chi connectivity index (χ1n) is 7.54. The smallest absolute Gasteiger partial charge is 0.0681 e. The molecule has 1 aliphatic rings. The molecule has 21 heavy (non-hydrogen) atoms. The highest BCUT2D eigenvalue weighted by molar-refractivity contribution is 9.10. The molecule has 0 radical (unpaired) electrons. The van der Waals surface area contributed by atoms with Crippen LogP contribution in [0.15, 0.2) is 22.7 Å². The fourth-order valence-electron chi connectivity index (χ4n) is 3.59. The van der Waals surface area contributed by atoms with Crippen LogP contribution in [-0.2, 0) is 4.74 Å². The molecule has 1 fully saturated rings. The fourth-order valence-corrected chi connectivity index (χ4v) is 4.48. The first-order chi connectivity index (χ1) is 9.64. The molecule has 1 heterocycles. The minimum Gasteiger partial charge on any atom is -0.369 e. The summed E-state index contributed by atoms with van der Waals surface area (Å²) >= 11 is 9.79. The van der Waals surface area contributed by atoms with Crippen molar-refractivity contribution in [3.8, 4) is 0 Å². The molecule has 118 valence electrons. The third-order valence-electron chi connectivity index (χ3n) is 4.21. The highest BCUT2D eigenvalue weighted by Gasteiger charge is 2.49. The van der Waals surface area contributed by atoms with Gasteiger partial charge in [0.1, 0.15) is 0 Å². The summed E-state index contributed by atoms with van der Waals surface area (Å²) in [7, 11) is 0. The topological polar surface area (TPSA) is 21.3 Å². The third kappa shape index (κ3) is 4.01. The maximum absolute atomic E-state index is 6.27. The van der Waals surface area contributed by atoms with Crippen LogP contribution in [0.25, 0.3) is 0 Å². The standard InChI is InChI=1S/C17H25BrClNO/c1-6-20-15(11-7-12(18)9-13(19)8-11)14-10-16(2,3)21-17(14,4)5/h7-9,14-15,20H,6,10H2,1-5H3. The molecule has 2 nitrogen and oxygen atoms in total. The molecular weight excluding hydrogens is 350 g/mol. The van der Waals surface area contributed by atoms with Gasteiger partial charge >= 0.3 is 0 Å². The van der Waals surface area contributed by atoms with Crippen LogP contribution >= 0.6 is 27.5 Å². The van der Waals surface area contributed by atoms with Crippen LogP contribution in [-0.4, -0.2) is 17.7 Å². The van der Waals surface area contributed by atoms with Crippen molar-refractivity contribution >= 4 is 27.5 Å². The lowest BCUT2D eigenvalue weighted by molar-refractivity contribution is -0.0778. The molecule has 0 amide bonds. The average Bonchev–Trinajstić information content (AvgIpc) is 2.52.